The summed E-state index contributed by atoms with van der Waals surface area (Å²) in [6.07, 6.45) is 1.15. The van der Waals surface area contributed by atoms with Gasteiger partial charge in [-0.25, -0.2) is 8.42 Å². The average Bonchev–Trinajstić information content (AvgIpc) is 2.79. The second kappa shape index (κ2) is 5.19. The zero-order chi connectivity index (χ0) is 13.9. The Balaban J connectivity index is 2.34. The number of nitrogen functional groups attached to an aromatic ring is 1. The molecule has 0 aliphatic rings. The van der Waals surface area contributed by atoms with E-state index in [1.54, 1.807) is 24.3 Å². The zero-order valence-electron chi connectivity index (χ0n) is 10.3. The SMILES string of the molecule is CCOc1ccccc1NS(=O)(=O)c1cn[nH]c1N. The molecule has 0 unspecified atom stereocenters. The summed E-state index contributed by atoms with van der Waals surface area (Å²) in [5.41, 5.74) is 5.86. The van der Waals surface area contributed by atoms with Gasteiger partial charge in [-0.15, -0.1) is 0 Å². The quantitative estimate of drug-likeness (QED) is 0.763. The van der Waals surface area contributed by atoms with Crippen LogP contribution in [0.1, 0.15) is 6.92 Å². The largest absolute Gasteiger partial charge is 0.492 e. The summed E-state index contributed by atoms with van der Waals surface area (Å²) in [6, 6.07) is 6.76. The summed E-state index contributed by atoms with van der Waals surface area (Å²) in [4.78, 5) is -0.0983. The second-order valence-corrected chi connectivity index (χ2v) is 5.33. The molecule has 8 heteroatoms. The number of nitrogens with two attached hydrogens (primary N) is 1. The van der Waals surface area contributed by atoms with Gasteiger partial charge in [0.25, 0.3) is 10.0 Å². The van der Waals surface area contributed by atoms with Crippen LogP contribution in [0.5, 0.6) is 5.75 Å². The van der Waals surface area contributed by atoms with Gasteiger partial charge < -0.3 is 10.5 Å². The molecule has 1 heterocycles. The number of hydrogen-bond acceptors (Lipinski definition) is 5. The number of para-hydroxylation sites is 2. The molecule has 0 fully saturated rings. The first-order valence-corrected chi connectivity index (χ1v) is 7.06. The van der Waals surface area contributed by atoms with Crippen LogP contribution >= 0.6 is 0 Å². The van der Waals surface area contributed by atoms with Crippen molar-refractivity contribution in [3.8, 4) is 5.75 Å². The van der Waals surface area contributed by atoms with E-state index in [0.29, 0.717) is 18.0 Å². The maximum absolute atomic E-state index is 12.1. The van der Waals surface area contributed by atoms with Crippen molar-refractivity contribution in [3.63, 3.8) is 0 Å². The molecule has 19 heavy (non-hydrogen) atoms. The monoisotopic (exact) mass is 282 g/mol. The lowest BCUT2D eigenvalue weighted by atomic mass is 10.3. The van der Waals surface area contributed by atoms with E-state index in [9.17, 15) is 8.42 Å². The van der Waals surface area contributed by atoms with Gasteiger partial charge in [0.1, 0.15) is 16.5 Å². The highest BCUT2D eigenvalue weighted by Gasteiger charge is 2.20. The van der Waals surface area contributed by atoms with E-state index in [1.807, 2.05) is 6.92 Å². The highest BCUT2D eigenvalue weighted by molar-refractivity contribution is 7.92. The van der Waals surface area contributed by atoms with Crippen molar-refractivity contribution in [1.29, 1.82) is 0 Å². The summed E-state index contributed by atoms with van der Waals surface area (Å²) in [6.45, 7) is 2.26. The van der Waals surface area contributed by atoms with Crippen LogP contribution in [0.3, 0.4) is 0 Å². The predicted octanol–water partition coefficient (Wildman–Crippen LogP) is 1.19. The Hall–Kier alpha value is -2.22. The molecule has 7 nitrogen and oxygen atoms in total. The summed E-state index contributed by atoms with van der Waals surface area (Å²) in [7, 11) is -3.79. The number of aromatic nitrogens is 2. The zero-order valence-corrected chi connectivity index (χ0v) is 11.1. The van der Waals surface area contributed by atoms with Gasteiger partial charge in [-0.05, 0) is 19.1 Å². The lowest BCUT2D eigenvalue weighted by Gasteiger charge is -2.12. The fraction of sp³-hybridized carbons (Fsp3) is 0.182. The Morgan fingerprint density at radius 1 is 1.42 bits per heavy atom. The van der Waals surface area contributed by atoms with Crippen molar-refractivity contribution in [2.75, 3.05) is 17.1 Å². The summed E-state index contributed by atoms with van der Waals surface area (Å²) >= 11 is 0. The first-order chi connectivity index (χ1) is 9.04. The summed E-state index contributed by atoms with van der Waals surface area (Å²) in [5, 5.41) is 5.97. The number of sulfonamides is 1. The second-order valence-electron chi connectivity index (χ2n) is 3.68. The smallest absolute Gasteiger partial charge is 0.267 e. The van der Waals surface area contributed by atoms with E-state index in [-0.39, 0.29) is 10.7 Å². The number of aromatic amines is 1. The van der Waals surface area contributed by atoms with Gasteiger partial charge in [-0.3, -0.25) is 9.82 Å². The molecule has 2 rings (SSSR count). The van der Waals surface area contributed by atoms with Crippen LogP contribution in [0.2, 0.25) is 0 Å². The summed E-state index contributed by atoms with van der Waals surface area (Å²) < 4.78 is 32.0. The third-order valence-corrected chi connectivity index (χ3v) is 3.75. The van der Waals surface area contributed by atoms with Crippen molar-refractivity contribution in [3.05, 3.63) is 30.5 Å². The highest BCUT2D eigenvalue weighted by atomic mass is 32.2. The highest BCUT2D eigenvalue weighted by Crippen LogP contribution is 2.27. The minimum Gasteiger partial charge on any atom is -0.492 e. The van der Waals surface area contributed by atoms with Gasteiger partial charge in [0.05, 0.1) is 18.5 Å². The molecule has 1 aromatic carbocycles. The van der Waals surface area contributed by atoms with Gasteiger partial charge in [0, 0.05) is 0 Å². The molecular weight excluding hydrogens is 268 g/mol. The number of anilines is 2. The van der Waals surface area contributed by atoms with Crippen LogP contribution in [0.15, 0.2) is 35.4 Å². The molecule has 0 atom stereocenters. The minimum atomic E-state index is -3.79. The molecule has 0 spiro atoms. The van der Waals surface area contributed by atoms with Crippen molar-refractivity contribution >= 4 is 21.5 Å². The molecule has 102 valence electrons. The number of rotatable bonds is 5. The number of hydrogen-bond donors (Lipinski definition) is 3. The van der Waals surface area contributed by atoms with Gasteiger partial charge in [0.15, 0.2) is 0 Å². The van der Waals surface area contributed by atoms with Crippen molar-refractivity contribution in [2.45, 2.75) is 11.8 Å². The molecule has 0 amide bonds. The van der Waals surface area contributed by atoms with Gasteiger partial charge in [-0.2, -0.15) is 5.10 Å². The number of nitrogens with zero attached hydrogens (tertiary/aromatic N) is 1. The van der Waals surface area contributed by atoms with Crippen LogP contribution in [-0.4, -0.2) is 25.2 Å². The van der Waals surface area contributed by atoms with E-state index >= 15 is 0 Å². The number of benzene rings is 1. The van der Waals surface area contributed by atoms with Crippen LogP contribution in [0, 0.1) is 0 Å². The normalized spacial score (nSPS) is 11.2. The van der Waals surface area contributed by atoms with Crippen LogP contribution in [-0.2, 0) is 10.0 Å². The summed E-state index contributed by atoms with van der Waals surface area (Å²) in [5.74, 6) is 0.442. The first kappa shape index (κ1) is 13.2. The number of ether oxygens (including phenoxy) is 1. The molecule has 4 N–H and O–H groups in total. The van der Waals surface area contributed by atoms with Crippen molar-refractivity contribution in [1.82, 2.24) is 10.2 Å². The third-order valence-electron chi connectivity index (χ3n) is 2.35. The Kier molecular flexibility index (Phi) is 3.61. The van der Waals surface area contributed by atoms with Gasteiger partial charge >= 0.3 is 0 Å². The Labute approximate surface area is 110 Å². The maximum Gasteiger partial charge on any atom is 0.267 e. The lowest BCUT2D eigenvalue weighted by Crippen LogP contribution is -2.14. The van der Waals surface area contributed by atoms with Crippen molar-refractivity contribution in [2.24, 2.45) is 0 Å². The van der Waals surface area contributed by atoms with E-state index in [2.05, 4.69) is 14.9 Å². The maximum atomic E-state index is 12.1. The fourth-order valence-electron chi connectivity index (χ4n) is 1.53. The van der Waals surface area contributed by atoms with Crippen LogP contribution in [0.4, 0.5) is 11.5 Å². The van der Waals surface area contributed by atoms with Gasteiger partial charge in [0.2, 0.25) is 0 Å². The minimum absolute atomic E-state index is 0.0126. The first-order valence-electron chi connectivity index (χ1n) is 5.58. The Morgan fingerprint density at radius 2 is 2.16 bits per heavy atom. The molecule has 2 aromatic rings. The number of H-pyrrole nitrogens is 1. The molecule has 0 radical (unpaired) electrons. The van der Waals surface area contributed by atoms with E-state index in [4.69, 9.17) is 10.5 Å². The molecule has 0 saturated heterocycles. The van der Waals surface area contributed by atoms with Gasteiger partial charge in [-0.1, -0.05) is 12.1 Å². The lowest BCUT2D eigenvalue weighted by molar-refractivity contribution is 0.342. The molecule has 0 aliphatic carbocycles. The van der Waals surface area contributed by atoms with E-state index < -0.39 is 10.0 Å². The third kappa shape index (κ3) is 2.79. The molecular formula is C11H14N4O3S. The van der Waals surface area contributed by atoms with Crippen LogP contribution < -0.4 is 15.2 Å². The van der Waals surface area contributed by atoms with Crippen molar-refractivity contribution < 1.29 is 13.2 Å². The molecule has 1 aromatic heterocycles. The fourth-order valence-corrected chi connectivity index (χ4v) is 2.63. The Morgan fingerprint density at radius 3 is 2.79 bits per heavy atom. The Bertz CT molecular complexity index is 666. The predicted molar refractivity (Wildman–Crippen MR) is 71.4 cm³/mol. The molecule has 0 bridgehead atoms. The molecule has 0 aliphatic heterocycles. The van der Waals surface area contributed by atoms with Crippen LogP contribution in [0.25, 0.3) is 0 Å². The standard InChI is InChI=1S/C11H14N4O3S/c1-2-18-9-6-4-3-5-8(9)15-19(16,17)10-7-13-14-11(10)12/h3-7,15H,2H2,1H3,(H3,12,13,14). The van der Waals surface area contributed by atoms with E-state index in [1.165, 1.54) is 0 Å². The van der Waals surface area contributed by atoms with E-state index in [0.717, 1.165) is 6.20 Å². The number of nitrogens with one attached hydrogen (secondary N) is 2. The average molecular weight is 282 g/mol. The molecule has 0 saturated carbocycles. The topological polar surface area (TPSA) is 110 Å².